The summed E-state index contributed by atoms with van der Waals surface area (Å²) >= 11 is 1.32. The smallest absolute Gasteiger partial charge is 0.222 e. The van der Waals surface area contributed by atoms with Crippen molar-refractivity contribution < 1.29 is 14.3 Å². The van der Waals surface area contributed by atoms with Gasteiger partial charge in [-0.1, -0.05) is 11.8 Å². The molecule has 1 aliphatic heterocycles. The fourth-order valence-electron chi connectivity index (χ4n) is 3.16. The first-order chi connectivity index (χ1) is 11.6. The van der Waals surface area contributed by atoms with E-state index in [1.807, 2.05) is 29.3 Å². The second-order valence-corrected chi connectivity index (χ2v) is 7.38. The second-order valence-electron chi connectivity index (χ2n) is 6.19. The summed E-state index contributed by atoms with van der Waals surface area (Å²) in [7, 11) is 1.66. The summed E-state index contributed by atoms with van der Waals surface area (Å²) in [4.78, 5) is 28.4. The van der Waals surface area contributed by atoms with E-state index in [9.17, 15) is 9.59 Å². The monoisotopic (exact) mass is 346 g/mol. The number of thioether (sulfide) groups is 1. The first-order valence-corrected chi connectivity index (χ1v) is 9.10. The Hall–Kier alpha value is -1.95. The van der Waals surface area contributed by atoms with E-state index in [1.165, 1.54) is 17.3 Å². The number of benzene rings is 1. The van der Waals surface area contributed by atoms with Gasteiger partial charge in [-0.2, -0.15) is 0 Å². The summed E-state index contributed by atoms with van der Waals surface area (Å²) < 4.78 is 5.29. The van der Waals surface area contributed by atoms with E-state index in [4.69, 9.17) is 4.74 Å². The molecule has 0 spiro atoms. The van der Waals surface area contributed by atoms with Crippen molar-refractivity contribution in [3.63, 3.8) is 0 Å². The molecule has 24 heavy (non-hydrogen) atoms. The summed E-state index contributed by atoms with van der Waals surface area (Å²) in [5, 5.41) is 1.26. The Morgan fingerprint density at radius 1 is 1.46 bits per heavy atom. The lowest BCUT2D eigenvalue weighted by Crippen LogP contribution is -2.27. The summed E-state index contributed by atoms with van der Waals surface area (Å²) in [5.41, 5.74) is 2.27. The predicted octanol–water partition coefficient (Wildman–Crippen LogP) is 2.85. The topological polar surface area (TPSA) is 62.4 Å². The zero-order valence-corrected chi connectivity index (χ0v) is 14.8. The maximum absolute atomic E-state index is 12.2. The average molecular weight is 346 g/mol. The number of hydrogen-bond acceptors (Lipinski definition) is 4. The van der Waals surface area contributed by atoms with Crippen LogP contribution in [0, 0.1) is 5.92 Å². The van der Waals surface area contributed by atoms with Crippen LogP contribution in [0.1, 0.15) is 18.9 Å². The third kappa shape index (κ3) is 3.75. The van der Waals surface area contributed by atoms with Gasteiger partial charge in [-0.05, 0) is 36.1 Å². The first kappa shape index (κ1) is 16.9. The fourth-order valence-corrected chi connectivity index (χ4v) is 3.86. The van der Waals surface area contributed by atoms with Crippen LogP contribution in [0.3, 0.4) is 0 Å². The van der Waals surface area contributed by atoms with Crippen LogP contribution in [0.5, 0.6) is 5.75 Å². The lowest BCUT2D eigenvalue weighted by molar-refractivity contribution is -0.127. The van der Waals surface area contributed by atoms with Crippen molar-refractivity contribution in [2.45, 2.75) is 19.8 Å². The highest BCUT2D eigenvalue weighted by Crippen LogP contribution is 2.26. The van der Waals surface area contributed by atoms with Gasteiger partial charge in [-0.15, -0.1) is 0 Å². The highest BCUT2D eigenvalue weighted by atomic mass is 32.2. The average Bonchev–Trinajstić information content (AvgIpc) is 3.13. The number of H-pyrrole nitrogens is 1. The SMILES string of the molecule is COc1ccc2[nH]cc(CCN3CC(CSC(C)=O)CC3=O)c2c1. The Labute approximate surface area is 145 Å². The summed E-state index contributed by atoms with van der Waals surface area (Å²) in [6.45, 7) is 3.04. The van der Waals surface area contributed by atoms with Crippen molar-refractivity contribution in [2.24, 2.45) is 5.92 Å². The molecule has 1 N–H and O–H groups in total. The molecule has 1 amide bonds. The van der Waals surface area contributed by atoms with Crippen LogP contribution in [0.4, 0.5) is 0 Å². The van der Waals surface area contributed by atoms with Crippen LogP contribution in [0.2, 0.25) is 0 Å². The number of fused-ring (bicyclic) bond motifs is 1. The van der Waals surface area contributed by atoms with Gasteiger partial charge in [0.15, 0.2) is 5.12 Å². The van der Waals surface area contributed by atoms with Crippen LogP contribution in [0.25, 0.3) is 10.9 Å². The number of aromatic nitrogens is 1. The molecule has 1 atom stereocenters. The van der Waals surface area contributed by atoms with E-state index in [1.54, 1.807) is 14.0 Å². The lowest BCUT2D eigenvalue weighted by Gasteiger charge is -2.16. The molecule has 2 aromatic rings. The highest BCUT2D eigenvalue weighted by molar-refractivity contribution is 8.13. The van der Waals surface area contributed by atoms with Gasteiger partial charge in [0.2, 0.25) is 5.91 Å². The molecule has 5 nitrogen and oxygen atoms in total. The van der Waals surface area contributed by atoms with E-state index >= 15 is 0 Å². The van der Waals surface area contributed by atoms with Gasteiger partial charge in [0.1, 0.15) is 5.75 Å². The molecule has 0 aliphatic carbocycles. The minimum Gasteiger partial charge on any atom is -0.497 e. The maximum Gasteiger partial charge on any atom is 0.222 e. The van der Waals surface area contributed by atoms with Gasteiger partial charge in [0, 0.05) is 49.3 Å². The number of hydrogen-bond donors (Lipinski definition) is 1. The maximum atomic E-state index is 12.2. The zero-order chi connectivity index (χ0) is 17.1. The molecule has 6 heteroatoms. The Morgan fingerprint density at radius 3 is 3.04 bits per heavy atom. The normalized spacial score (nSPS) is 17.7. The van der Waals surface area contributed by atoms with Crippen molar-refractivity contribution >= 4 is 33.7 Å². The number of ether oxygens (including phenoxy) is 1. The summed E-state index contributed by atoms with van der Waals surface area (Å²) in [6.07, 6.45) is 3.38. The molecule has 1 aromatic carbocycles. The molecule has 0 saturated carbocycles. The third-order valence-corrected chi connectivity index (χ3v) is 5.49. The van der Waals surface area contributed by atoms with E-state index in [-0.39, 0.29) is 16.9 Å². The van der Waals surface area contributed by atoms with Gasteiger partial charge >= 0.3 is 0 Å². The Morgan fingerprint density at radius 2 is 2.29 bits per heavy atom. The van der Waals surface area contributed by atoms with Crippen LogP contribution in [-0.2, 0) is 16.0 Å². The number of carbonyl (C=O) groups excluding carboxylic acids is 2. The van der Waals surface area contributed by atoms with Gasteiger partial charge in [-0.3, -0.25) is 9.59 Å². The molecular weight excluding hydrogens is 324 g/mol. The van der Waals surface area contributed by atoms with Crippen molar-refractivity contribution in [3.8, 4) is 5.75 Å². The Balaban J connectivity index is 1.61. The van der Waals surface area contributed by atoms with E-state index in [0.29, 0.717) is 13.0 Å². The van der Waals surface area contributed by atoms with Gasteiger partial charge in [0.05, 0.1) is 7.11 Å². The number of carbonyl (C=O) groups is 2. The molecule has 3 rings (SSSR count). The summed E-state index contributed by atoms with van der Waals surface area (Å²) in [6, 6.07) is 5.97. The molecule has 1 unspecified atom stereocenters. The van der Waals surface area contributed by atoms with Gasteiger partial charge in [0.25, 0.3) is 0 Å². The number of rotatable bonds is 6. The number of nitrogens with zero attached hydrogens (tertiary/aromatic N) is 1. The number of methoxy groups -OCH3 is 1. The number of likely N-dealkylation sites (tertiary alicyclic amines) is 1. The summed E-state index contributed by atoms with van der Waals surface area (Å²) in [5.74, 6) is 2.06. The van der Waals surface area contributed by atoms with Crippen LogP contribution >= 0.6 is 11.8 Å². The molecule has 128 valence electrons. The highest BCUT2D eigenvalue weighted by Gasteiger charge is 2.29. The van der Waals surface area contributed by atoms with Gasteiger partial charge in [-0.25, -0.2) is 0 Å². The van der Waals surface area contributed by atoms with Crippen LogP contribution < -0.4 is 4.74 Å². The van der Waals surface area contributed by atoms with Crippen LogP contribution in [0.15, 0.2) is 24.4 Å². The molecule has 1 aliphatic rings. The zero-order valence-electron chi connectivity index (χ0n) is 14.0. The molecule has 1 aromatic heterocycles. The van der Waals surface area contributed by atoms with E-state index < -0.39 is 0 Å². The van der Waals surface area contributed by atoms with Crippen LogP contribution in [-0.4, -0.2) is 46.9 Å². The quantitative estimate of drug-likeness (QED) is 0.874. The lowest BCUT2D eigenvalue weighted by atomic mass is 10.1. The fraction of sp³-hybridized carbons (Fsp3) is 0.444. The standard InChI is InChI=1S/C18H22N2O3S/c1-12(21)24-11-13-7-18(22)20(10-13)6-5-14-9-19-17-4-3-15(23-2)8-16(14)17/h3-4,8-9,13,19H,5-7,10-11H2,1-2H3. The van der Waals surface area contributed by atoms with Crippen molar-refractivity contribution in [3.05, 3.63) is 30.0 Å². The molecule has 2 heterocycles. The molecule has 0 radical (unpaired) electrons. The Bertz CT molecular complexity index is 756. The number of aromatic amines is 1. The minimum atomic E-state index is 0.119. The van der Waals surface area contributed by atoms with Crippen molar-refractivity contribution in [1.82, 2.24) is 9.88 Å². The number of nitrogens with one attached hydrogen (secondary N) is 1. The second kappa shape index (κ2) is 7.30. The molecular formula is C18H22N2O3S. The third-order valence-electron chi connectivity index (χ3n) is 4.44. The largest absolute Gasteiger partial charge is 0.497 e. The predicted molar refractivity (Wildman–Crippen MR) is 96.4 cm³/mol. The first-order valence-electron chi connectivity index (χ1n) is 8.12. The van der Waals surface area contributed by atoms with Gasteiger partial charge < -0.3 is 14.6 Å². The van der Waals surface area contributed by atoms with E-state index in [0.717, 1.165) is 35.4 Å². The van der Waals surface area contributed by atoms with E-state index in [2.05, 4.69) is 4.98 Å². The molecule has 1 saturated heterocycles. The Kier molecular flexibility index (Phi) is 5.14. The van der Waals surface area contributed by atoms with Crippen molar-refractivity contribution in [1.29, 1.82) is 0 Å². The number of amides is 1. The minimum absolute atomic E-state index is 0.119. The van der Waals surface area contributed by atoms with Crippen molar-refractivity contribution in [2.75, 3.05) is 26.0 Å². The molecule has 0 bridgehead atoms. The molecule has 1 fully saturated rings.